The van der Waals surface area contributed by atoms with Gasteiger partial charge in [-0.2, -0.15) is 0 Å². The quantitative estimate of drug-likeness (QED) is 0.706. The maximum absolute atomic E-state index is 11.4. The molecular weight excluding hydrogens is 174 g/mol. The summed E-state index contributed by atoms with van der Waals surface area (Å²) in [7, 11) is -2.90. The maximum atomic E-state index is 11.4. The Hall–Kier alpha value is -0.0900. The van der Waals surface area contributed by atoms with Crippen molar-refractivity contribution >= 4 is 9.84 Å². The zero-order chi connectivity index (χ0) is 9.41. The molecule has 3 nitrogen and oxygen atoms in total. The van der Waals surface area contributed by atoms with Gasteiger partial charge in [0.2, 0.25) is 0 Å². The fourth-order valence-corrected chi connectivity index (χ4v) is 3.61. The van der Waals surface area contributed by atoms with Gasteiger partial charge in [0.1, 0.15) is 0 Å². The zero-order valence-electron chi connectivity index (χ0n) is 7.71. The van der Waals surface area contributed by atoms with Gasteiger partial charge < -0.3 is 5.73 Å². The van der Waals surface area contributed by atoms with Gasteiger partial charge in [-0.25, -0.2) is 8.42 Å². The maximum Gasteiger partial charge on any atom is 0.152 e. The van der Waals surface area contributed by atoms with Crippen molar-refractivity contribution in [2.45, 2.75) is 32.2 Å². The summed E-state index contributed by atoms with van der Waals surface area (Å²) in [4.78, 5) is 0. The molecule has 1 aliphatic carbocycles. The van der Waals surface area contributed by atoms with Crippen molar-refractivity contribution < 1.29 is 8.42 Å². The number of rotatable bonds is 4. The Labute approximate surface area is 74.3 Å². The Balaban J connectivity index is 2.49. The number of sulfone groups is 1. The second-order valence-corrected chi connectivity index (χ2v) is 6.42. The van der Waals surface area contributed by atoms with Gasteiger partial charge in [-0.15, -0.1) is 0 Å². The lowest BCUT2D eigenvalue weighted by Crippen LogP contribution is -2.33. The van der Waals surface area contributed by atoms with Crippen LogP contribution in [0.25, 0.3) is 0 Å². The van der Waals surface area contributed by atoms with E-state index in [2.05, 4.69) is 0 Å². The van der Waals surface area contributed by atoms with E-state index in [-0.39, 0.29) is 23.0 Å². The summed E-state index contributed by atoms with van der Waals surface area (Å²) in [6.07, 6.45) is 1.73. The monoisotopic (exact) mass is 191 g/mol. The second-order valence-electron chi connectivity index (χ2n) is 4.31. The first-order chi connectivity index (χ1) is 5.33. The summed E-state index contributed by atoms with van der Waals surface area (Å²) in [5.41, 5.74) is 5.36. The Bertz CT molecular complexity index is 252. The van der Waals surface area contributed by atoms with Crippen molar-refractivity contribution in [1.82, 2.24) is 0 Å². The highest BCUT2D eigenvalue weighted by molar-refractivity contribution is 7.91. The molecule has 0 unspecified atom stereocenters. The smallest absolute Gasteiger partial charge is 0.152 e. The highest BCUT2D eigenvalue weighted by Crippen LogP contribution is 2.33. The molecule has 4 heteroatoms. The molecule has 0 aromatic heterocycles. The lowest BCUT2D eigenvalue weighted by Gasteiger charge is -2.10. The molecule has 2 N–H and O–H groups in total. The first-order valence-corrected chi connectivity index (χ1v) is 6.14. The van der Waals surface area contributed by atoms with Gasteiger partial charge in [-0.05, 0) is 18.8 Å². The number of nitrogens with two attached hydrogens (primary N) is 1. The average molecular weight is 191 g/mol. The minimum atomic E-state index is -2.90. The SMILES string of the molecule is CC(C)CS(=O)(=O)CC1(N)CC1. The third kappa shape index (κ3) is 3.11. The van der Waals surface area contributed by atoms with Crippen LogP contribution < -0.4 is 5.73 Å². The van der Waals surface area contributed by atoms with E-state index in [9.17, 15) is 8.42 Å². The van der Waals surface area contributed by atoms with E-state index in [1.54, 1.807) is 0 Å². The van der Waals surface area contributed by atoms with Crippen molar-refractivity contribution in [2.75, 3.05) is 11.5 Å². The Kier molecular flexibility index (Phi) is 2.50. The van der Waals surface area contributed by atoms with Gasteiger partial charge in [0, 0.05) is 5.54 Å². The average Bonchev–Trinajstić information content (AvgIpc) is 2.40. The molecule has 1 rings (SSSR count). The van der Waals surface area contributed by atoms with Crippen LogP contribution in [-0.2, 0) is 9.84 Å². The first kappa shape index (κ1) is 9.99. The van der Waals surface area contributed by atoms with Crippen LogP contribution >= 0.6 is 0 Å². The van der Waals surface area contributed by atoms with Crippen LogP contribution in [0.4, 0.5) is 0 Å². The molecule has 1 fully saturated rings. The lowest BCUT2D eigenvalue weighted by atomic mass is 10.3. The topological polar surface area (TPSA) is 60.2 Å². The van der Waals surface area contributed by atoms with Gasteiger partial charge >= 0.3 is 0 Å². The highest BCUT2D eigenvalue weighted by Gasteiger charge is 2.42. The van der Waals surface area contributed by atoms with Crippen molar-refractivity contribution in [3.63, 3.8) is 0 Å². The minimum absolute atomic E-state index is 0.179. The summed E-state index contributed by atoms with van der Waals surface area (Å²) in [6, 6.07) is 0. The fourth-order valence-electron chi connectivity index (χ4n) is 1.31. The molecular formula is C8H17NO2S. The standard InChI is InChI=1S/C8H17NO2S/c1-7(2)5-12(10,11)6-8(9)3-4-8/h7H,3-6,9H2,1-2H3. The highest BCUT2D eigenvalue weighted by atomic mass is 32.2. The molecule has 0 amide bonds. The van der Waals surface area contributed by atoms with Crippen LogP contribution in [0.2, 0.25) is 0 Å². The lowest BCUT2D eigenvalue weighted by molar-refractivity contribution is 0.572. The summed E-state index contributed by atoms with van der Waals surface area (Å²) in [6.45, 7) is 3.82. The molecule has 0 radical (unpaired) electrons. The van der Waals surface area contributed by atoms with E-state index in [0.717, 1.165) is 12.8 Å². The Morgan fingerprint density at radius 2 is 1.92 bits per heavy atom. The molecule has 0 aromatic rings. The summed E-state index contributed by atoms with van der Waals surface area (Å²) in [5, 5.41) is 0. The van der Waals surface area contributed by atoms with Crippen LogP contribution in [0.1, 0.15) is 26.7 Å². The van der Waals surface area contributed by atoms with E-state index in [4.69, 9.17) is 5.73 Å². The molecule has 0 saturated heterocycles. The van der Waals surface area contributed by atoms with Gasteiger partial charge in [-0.3, -0.25) is 0 Å². The summed E-state index contributed by atoms with van der Waals surface area (Å²) < 4.78 is 22.8. The Morgan fingerprint density at radius 1 is 1.42 bits per heavy atom. The molecule has 1 aliphatic rings. The molecule has 0 spiro atoms. The first-order valence-electron chi connectivity index (χ1n) is 4.32. The van der Waals surface area contributed by atoms with E-state index in [1.807, 2.05) is 13.8 Å². The number of hydrogen-bond donors (Lipinski definition) is 1. The van der Waals surface area contributed by atoms with Crippen LogP contribution in [0.3, 0.4) is 0 Å². The molecule has 1 saturated carbocycles. The predicted molar refractivity (Wildman–Crippen MR) is 49.6 cm³/mol. The zero-order valence-corrected chi connectivity index (χ0v) is 8.52. The van der Waals surface area contributed by atoms with Gasteiger partial charge in [0.15, 0.2) is 9.84 Å². The molecule has 0 atom stereocenters. The Morgan fingerprint density at radius 3 is 2.25 bits per heavy atom. The van der Waals surface area contributed by atoms with Crippen LogP contribution in [-0.4, -0.2) is 25.5 Å². The molecule has 0 aliphatic heterocycles. The van der Waals surface area contributed by atoms with Crippen molar-refractivity contribution in [3.05, 3.63) is 0 Å². The van der Waals surface area contributed by atoms with E-state index >= 15 is 0 Å². The largest absolute Gasteiger partial charge is 0.324 e. The third-order valence-electron chi connectivity index (χ3n) is 1.99. The molecule has 0 aromatic carbocycles. The van der Waals surface area contributed by atoms with Crippen LogP contribution in [0.15, 0.2) is 0 Å². The number of hydrogen-bond acceptors (Lipinski definition) is 3. The van der Waals surface area contributed by atoms with Gasteiger partial charge in [0.05, 0.1) is 11.5 Å². The predicted octanol–water partition coefficient (Wildman–Crippen LogP) is 0.549. The molecule has 12 heavy (non-hydrogen) atoms. The van der Waals surface area contributed by atoms with Gasteiger partial charge in [0.25, 0.3) is 0 Å². The van der Waals surface area contributed by atoms with Crippen LogP contribution in [0, 0.1) is 5.92 Å². The van der Waals surface area contributed by atoms with E-state index in [0.29, 0.717) is 0 Å². The molecule has 72 valence electrons. The van der Waals surface area contributed by atoms with Crippen molar-refractivity contribution in [1.29, 1.82) is 0 Å². The summed E-state index contributed by atoms with van der Waals surface area (Å²) in [5.74, 6) is 0.654. The van der Waals surface area contributed by atoms with Crippen LogP contribution in [0.5, 0.6) is 0 Å². The molecule has 0 heterocycles. The van der Waals surface area contributed by atoms with E-state index in [1.165, 1.54) is 0 Å². The third-order valence-corrected chi connectivity index (χ3v) is 4.18. The fraction of sp³-hybridized carbons (Fsp3) is 1.00. The van der Waals surface area contributed by atoms with Crippen molar-refractivity contribution in [3.8, 4) is 0 Å². The normalized spacial score (nSPS) is 21.3. The minimum Gasteiger partial charge on any atom is -0.324 e. The van der Waals surface area contributed by atoms with E-state index < -0.39 is 9.84 Å². The van der Waals surface area contributed by atoms with Crippen molar-refractivity contribution in [2.24, 2.45) is 11.7 Å². The summed E-state index contributed by atoms with van der Waals surface area (Å²) >= 11 is 0. The van der Waals surface area contributed by atoms with Gasteiger partial charge in [-0.1, -0.05) is 13.8 Å². The second kappa shape index (κ2) is 3.00. The molecule has 0 bridgehead atoms.